The first-order valence-electron chi connectivity index (χ1n) is 8.36. The van der Waals surface area contributed by atoms with Crippen LogP contribution < -0.4 is 0 Å². The van der Waals surface area contributed by atoms with E-state index in [1.54, 1.807) is 4.31 Å². The maximum absolute atomic E-state index is 12.5. The molecule has 0 amide bonds. The fraction of sp³-hybridized carbons (Fsp3) is 1.00. The van der Waals surface area contributed by atoms with Crippen LogP contribution in [0, 0.1) is 0 Å². The van der Waals surface area contributed by atoms with Crippen molar-refractivity contribution in [3.8, 4) is 0 Å². The number of rotatable bonds is 11. The van der Waals surface area contributed by atoms with Gasteiger partial charge in [0.25, 0.3) is 0 Å². The van der Waals surface area contributed by atoms with Crippen LogP contribution in [0.15, 0.2) is 0 Å². The fourth-order valence-corrected chi connectivity index (χ4v) is 4.80. The number of unbranched alkanes of at least 4 members (excludes halogenated alkanes) is 4. The van der Waals surface area contributed by atoms with Crippen molar-refractivity contribution in [1.82, 2.24) is 4.31 Å². The van der Waals surface area contributed by atoms with Crippen molar-refractivity contribution in [3.05, 3.63) is 0 Å². The second-order valence-corrected chi connectivity index (χ2v) is 8.87. The van der Waals surface area contributed by atoms with Gasteiger partial charge in [-0.3, -0.25) is 0 Å². The van der Waals surface area contributed by atoms with E-state index in [1.807, 2.05) is 7.05 Å². The number of hydrogen-bond donors (Lipinski definition) is 0. The van der Waals surface area contributed by atoms with Crippen LogP contribution in [0.25, 0.3) is 0 Å². The van der Waals surface area contributed by atoms with Gasteiger partial charge in [-0.2, -0.15) is 4.31 Å². The van der Waals surface area contributed by atoms with E-state index in [-0.39, 0.29) is 10.8 Å². The van der Waals surface area contributed by atoms with E-state index in [2.05, 4.69) is 20.8 Å². The maximum Gasteiger partial charge on any atom is 0.217 e. The van der Waals surface area contributed by atoms with Crippen molar-refractivity contribution in [2.24, 2.45) is 0 Å². The summed E-state index contributed by atoms with van der Waals surface area (Å²) in [5, 5.41) is -0.0934. The van der Waals surface area contributed by atoms with Crippen molar-refractivity contribution in [2.45, 2.75) is 95.8 Å². The average molecular weight is 304 g/mol. The van der Waals surface area contributed by atoms with Crippen LogP contribution in [0.3, 0.4) is 0 Å². The Morgan fingerprint density at radius 1 is 1.00 bits per heavy atom. The minimum absolute atomic E-state index is 0.0934. The quantitative estimate of drug-likeness (QED) is 0.533. The molecule has 1 aliphatic rings. The molecule has 1 aliphatic carbocycles. The SMILES string of the molecule is CCCCCCC(C)(CCCC)N(C)S(=O)(=O)C1CC1. The highest BCUT2D eigenvalue weighted by Crippen LogP contribution is 2.37. The Morgan fingerprint density at radius 3 is 2.05 bits per heavy atom. The summed E-state index contributed by atoms with van der Waals surface area (Å²) in [5.74, 6) is 0. The van der Waals surface area contributed by atoms with Crippen LogP contribution in [-0.4, -0.2) is 30.6 Å². The first-order chi connectivity index (χ1) is 9.38. The first-order valence-corrected chi connectivity index (χ1v) is 9.86. The van der Waals surface area contributed by atoms with Crippen molar-refractivity contribution in [2.75, 3.05) is 7.05 Å². The van der Waals surface area contributed by atoms with E-state index < -0.39 is 10.0 Å². The molecule has 1 unspecified atom stereocenters. The molecule has 0 saturated heterocycles. The molecule has 0 bridgehead atoms. The monoisotopic (exact) mass is 303 g/mol. The smallest absolute Gasteiger partial charge is 0.212 e. The van der Waals surface area contributed by atoms with Crippen molar-refractivity contribution in [3.63, 3.8) is 0 Å². The summed E-state index contributed by atoms with van der Waals surface area (Å²) in [7, 11) is -1.25. The fourth-order valence-electron chi connectivity index (χ4n) is 2.83. The third kappa shape index (κ3) is 4.73. The van der Waals surface area contributed by atoms with Gasteiger partial charge < -0.3 is 0 Å². The van der Waals surface area contributed by atoms with Gasteiger partial charge in [0.1, 0.15) is 0 Å². The molecule has 0 aromatic carbocycles. The summed E-state index contributed by atoms with van der Waals surface area (Å²) in [4.78, 5) is 0. The Balaban J connectivity index is 2.69. The van der Waals surface area contributed by atoms with E-state index in [0.29, 0.717) is 0 Å². The van der Waals surface area contributed by atoms with Gasteiger partial charge in [0.15, 0.2) is 0 Å². The molecule has 0 heterocycles. The third-order valence-electron chi connectivity index (χ3n) is 4.73. The third-order valence-corrected chi connectivity index (χ3v) is 7.24. The molecule has 20 heavy (non-hydrogen) atoms. The minimum Gasteiger partial charge on any atom is -0.212 e. The highest BCUT2D eigenvalue weighted by molar-refractivity contribution is 7.90. The summed E-state index contributed by atoms with van der Waals surface area (Å²) in [6.45, 7) is 6.53. The molecular formula is C16H33NO2S. The second kappa shape index (κ2) is 7.79. The molecule has 0 aliphatic heterocycles. The summed E-state index contributed by atoms with van der Waals surface area (Å²) in [6.07, 6.45) is 10.8. The van der Waals surface area contributed by atoms with Crippen molar-refractivity contribution < 1.29 is 8.42 Å². The van der Waals surface area contributed by atoms with Gasteiger partial charge in [0.2, 0.25) is 10.0 Å². The highest BCUT2D eigenvalue weighted by Gasteiger charge is 2.44. The van der Waals surface area contributed by atoms with E-state index in [4.69, 9.17) is 0 Å². The molecular weight excluding hydrogens is 270 g/mol. The van der Waals surface area contributed by atoms with Gasteiger partial charge in [-0.15, -0.1) is 0 Å². The van der Waals surface area contributed by atoms with Gasteiger partial charge in [0, 0.05) is 12.6 Å². The Bertz CT molecular complexity index is 376. The molecule has 0 N–H and O–H groups in total. The lowest BCUT2D eigenvalue weighted by molar-refractivity contribution is 0.197. The molecule has 0 spiro atoms. The Labute approximate surface area is 126 Å². The van der Waals surface area contributed by atoms with Crippen molar-refractivity contribution in [1.29, 1.82) is 0 Å². The lowest BCUT2D eigenvalue weighted by Gasteiger charge is -2.38. The van der Waals surface area contributed by atoms with E-state index in [1.165, 1.54) is 19.3 Å². The first kappa shape index (κ1) is 18.0. The standard InChI is InChI=1S/C16H33NO2S/c1-5-7-9-10-14-16(3,13-8-6-2)17(4)20(18,19)15-11-12-15/h15H,5-14H2,1-4H3. The summed E-state index contributed by atoms with van der Waals surface area (Å²) < 4.78 is 26.8. The van der Waals surface area contributed by atoms with Crippen LogP contribution in [0.2, 0.25) is 0 Å². The van der Waals surface area contributed by atoms with Crippen LogP contribution in [-0.2, 0) is 10.0 Å². The predicted molar refractivity (Wildman–Crippen MR) is 86.4 cm³/mol. The lowest BCUT2D eigenvalue weighted by Crippen LogP contribution is -2.48. The molecule has 0 radical (unpaired) electrons. The van der Waals surface area contributed by atoms with Crippen LogP contribution in [0.1, 0.15) is 85.0 Å². The van der Waals surface area contributed by atoms with Crippen LogP contribution in [0.4, 0.5) is 0 Å². The summed E-state index contributed by atoms with van der Waals surface area (Å²) in [5.41, 5.74) is -0.189. The second-order valence-electron chi connectivity index (χ2n) is 6.62. The summed E-state index contributed by atoms with van der Waals surface area (Å²) >= 11 is 0. The Morgan fingerprint density at radius 2 is 1.55 bits per heavy atom. The molecule has 0 aromatic rings. The van der Waals surface area contributed by atoms with Crippen LogP contribution in [0.5, 0.6) is 0 Å². The average Bonchev–Trinajstić information content (AvgIpc) is 3.25. The molecule has 1 rings (SSSR count). The molecule has 120 valence electrons. The minimum atomic E-state index is -3.06. The zero-order valence-electron chi connectivity index (χ0n) is 13.8. The molecule has 1 fully saturated rings. The zero-order chi connectivity index (χ0) is 15.2. The van der Waals surface area contributed by atoms with E-state index >= 15 is 0 Å². The maximum atomic E-state index is 12.5. The van der Waals surface area contributed by atoms with Crippen molar-refractivity contribution >= 4 is 10.0 Å². The number of sulfonamides is 1. The van der Waals surface area contributed by atoms with Gasteiger partial charge in [0.05, 0.1) is 5.25 Å². The van der Waals surface area contributed by atoms with E-state index in [0.717, 1.165) is 44.9 Å². The molecule has 1 atom stereocenters. The normalized spacial score (nSPS) is 19.2. The summed E-state index contributed by atoms with van der Waals surface area (Å²) in [6, 6.07) is 0. The van der Waals surface area contributed by atoms with Gasteiger partial charge >= 0.3 is 0 Å². The number of hydrogen-bond acceptors (Lipinski definition) is 2. The highest BCUT2D eigenvalue weighted by atomic mass is 32.2. The van der Waals surface area contributed by atoms with Gasteiger partial charge in [-0.05, 0) is 32.6 Å². The Kier molecular flexibility index (Phi) is 6.99. The zero-order valence-corrected chi connectivity index (χ0v) is 14.6. The molecule has 1 saturated carbocycles. The largest absolute Gasteiger partial charge is 0.217 e. The Hall–Kier alpha value is -0.0900. The predicted octanol–water partition coefficient (Wildman–Crippen LogP) is 4.33. The van der Waals surface area contributed by atoms with Crippen LogP contribution >= 0.6 is 0 Å². The topological polar surface area (TPSA) is 37.4 Å². The van der Waals surface area contributed by atoms with E-state index in [9.17, 15) is 8.42 Å². The molecule has 3 nitrogen and oxygen atoms in total. The van der Waals surface area contributed by atoms with Gasteiger partial charge in [-0.25, -0.2) is 8.42 Å². The molecule has 4 heteroatoms. The lowest BCUT2D eigenvalue weighted by atomic mass is 9.89. The van der Waals surface area contributed by atoms with Gasteiger partial charge in [-0.1, -0.05) is 52.4 Å². The number of nitrogens with zero attached hydrogens (tertiary/aromatic N) is 1. The molecule has 0 aromatic heterocycles.